The summed E-state index contributed by atoms with van der Waals surface area (Å²) in [6.45, 7) is -0.325. The lowest BCUT2D eigenvalue weighted by Crippen LogP contribution is -2.30. The van der Waals surface area contributed by atoms with Gasteiger partial charge in [0.1, 0.15) is 4.88 Å². The molecule has 4 nitrogen and oxygen atoms in total. The van der Waals surface area contributed by atoms with Crippen LogP contribution in [0.15, 0.2) is 12.1 Å². The molecule has 8 heteroatoms. The molecule has 1 aromatic heterocycles. The van der Waals surface area contributed by atoms with Gasteiger partial charge in [0.25, 0.3) is 5.91 Å². The van der Waals surface area contributed by atoms with E-state index in [1.54, 1.807) is 12.1 Å². The largest absolute Gasteiger partial charge is 0.451 e. The maximum absolute atomic E-state index is 12.1. The second-order valence-electron chi connectivity index (χ2n) is 4.92. The van der Waals surface area contributed by atoms with Crippen LogP contribution in [0.3, 0.4) is 0 Å². The SMILES string of the molecule is O=C(COC(=O)c1sc2cc(Cl)cc(Cl)c2c1Cl)NC1CC1. The zero-order valence-electron chi connectivity index (χ0n) is 11.1. The van der Waals surface area contributed by atoms with E-state index in [1.807, 2.05) is 0 Å². The van der Waals surface area contributed by atoms with Gasteiger partial charge in [-0.2, -0.15) is 0 Å². The number of rotatable bonds is 4. The monoisotopic (exact) mass is 377 g/mol. The van der Waals surface area contributed by atoms with Gasteiger partial charge in [-0.05, 0) is 25.0 Å². The molecule has 1 N–H and O–H groups in total. The molecule has 0 atom stereocenters. The third kappa shape index (κ3) is 3.33. The summed E-state index contributed by atoms with van der Waals surface area (Å²) >= 11 is 19.4. The molecule has 1 amide bonds. The molecule has 1 aliphatic rings. The fourth-order valence-corrected chi connectivity index (χ4v) is 4.20. The number of esters is 1. The van der Waals surface area contributed by atoms with Gasteiger partial charge in [-0.1, -0.05) is 34.8 Å². The first-order chi connectivity index (χ1) is 10.5. The van der Waals surface area contributed by atoms with Crippen LogP contribution in [0.1, 0.15) is 22.5 Å². The Morgan fingerprint density at radius 2 is 2.00 bits per heavy atom. The van der Waals surface area contributed by atoms with Crippen molar-refractivity contribution in [3.05, 3.63) is 32.1 Å². The highest BCUT2D eigenvalue weighted by atomic mass is 35.5. The van der Waals surface area contributed by atoms with Crippen LogP contribution in [0, 0.1) is 0 Å². The third-order valence-electron chi connectivity index (χ3n) is 3.11. The minimum Gasteiger partial charge on any atom is -0.451 e. The van der Waals surface area contributed by atoms with Crippen molar-refractivity contribution in [2.45, 2.75) is 18.9 Å². The van der Waals surface area contributed by atoms with Gasteiger partial charge in [-0.15, -0.1) is 11.3 Å². The Morgan fingerprint density at radius 3 is 2.68 bits per heavy atom. The molecule has 1 fully saturated rings. The normalized spacial score (nSPS) is 14.1. The topological polar surface area (TPSA) is 55.4 Å². The van der Waals surface area contributed by atoms with Gasteiger partial charge in [0.2, 0.25) is 0 Å². The van der Waals surface area contributed by atoms with Crippen LogP contribution in [0.2, 0.25) is 15.1 Å². The summed E-state index contributed by atoms with van der Waals surface area (Å²) < 4.78 is 5.69. The number of carbonyl (C=O) groups is 2. The first-order valence-corrected chi connectivity index (χ1v) is 8.44. The lowest BCUT2D eigenvalue weighted by atomic mass is 10.2. The van der Waals surface area contributed by atoms with Gasteiger partial charge in [0.15, 0.2) is 6.61 Å². The molecular formula is C14H10Cl3NO3S. The molecule has 22 heavy (non-hydrogen) atoms. The zero-order valence-corrected chi connectivity index (χ0v) is 14.2. The summed E-state index contributed by atoms with van der Waals surface area (Å²) in [6.07, 6.45) is 1.95. The minimum atomic E-state index is -0.649. The molecular weight excluding hydrogens is 369 g/mol. The Morgan fingerprint density at radius 1 is 1.27 bits per heavy atom. The zero-order chi connectivity index (χ0) is 15.9. The molecule has 1 aliphatic carbocycles. The number of hydrogen-bond acceptors (Lipinski definition) is 4. The Bertz CT molecular complexity index is 770. The summed E-state index contributed by atoms with van der Waals surface area (Å²) in [4.78, 5) is 23.8. The maximum atomic E-state index is 12.1. The predicted octanol–water partition coefficient (Wildman–Crippen LogP) is 4.30. The number of benzene rings is 1. The number of halogens is 3. The Balaban J connectivity index is 1.77. The molecule has 0 saturated heterocycles. The average Bonchev–Trinajstić information content (AvgIpc) is 3.18. The van der Waals surface area contributed by atoms with E-state index in [9.17, 15) is 9.59 Å². The summed E-state index contributed by atoms with van der Waals surface area (Å²) in [5, 5.41) is 4.34. The number of thiophene rings is 1. The molecule has 2 aromatic rings. The summed E-state index contributed by atoms with van der Waals surface area (Å²) in [7, 11) is 0. The molecule has 1 aromatic carbocycles. The van der Waals surface area contributed by atoms with Crippen LogP contribution in [0.4, 0.5) is 0 Å². The number of ether oxygens (including phenoxy) is 1. The van der Waals surface area contributed by atoms with Crippen LogP contribution in [-0.4, -0.2) is 24.5 Å². The van der Waals surface area contributed by atoms with E-state index >= 15 is 0 Å². The molecule has 0 radical (unpaired) electrons. The van der Waals surface area contributed by atoms with Crippen molar-refractivity contribution in [1.82, 2.24) is 5.32 Å². The fraction of sp³-hybridized carbons (Fsp3) is 0.286. The van der Waals surface area contributed by atoms with E-state index in [0.717, 1.165) is 24.2 Å². The van der Waals surface area contributed by atoms with E-state index in [2.05, 4.69) is 5.32 Å². The van der Waals surface area contributed by atoms with Crippen molar-refractivity contribution >= 4 is 68.1 Å². The van der Waals surface area contributed by atoms with Crippen molar-refractivity contribution in [1.29, 1.82) is 0 Å². The summed E-state index contributed by atoms with van der Waals surface area (Å²) in [5.41, 5.74) is 0. The number of nitrogens with one attached hydrogen (secondary N) is 1. The first kappa shape index (κ1) is 15.9. The van der Waals surface area contributed by atoms with Crippen LogP contribution in [0.25, 0.3) is 10.1 Å². The highest BCUT2D eigenvalue weighted by Crippen LogP contribution is 2.41. The van der Waals surface area contributed by atoms with Crippen molar-refractivity contribution in [3.8, 4) is 0 Å². The Labute approximate surface area is 145 Å². The first-order valence-electron chi connectivity index (χ1n) is 6.49. The predicted molar refractivity (Wildman–Crippen MR) is 88.3 cm³/mol. The molecule has 116 valence electrons. The maximum Gasteiger partial charge on any atom is 0.350 e. The van der Waals surface area contributed by atoms with Crippen molar-refractivity contribution in [2.24, 2.45) is 0 Å². The van der Waals surface area contributed by atoms with Gasteiger partial charge in [-0.3, -0.25) is 4.79 Å². The van der Waals surface area contributed by atoms with Crippen LogP contribution in [-0.2, 0) is 9.53 Å². The number of carbonyl (C=O) groups excluding carboxylic acids is 2. The molecule has 0 spiro atoms. The number of hydrogen-bond donors (Lipinski definition) is 1. The number of fused-ring (bicyclic) bond motifs is 1. The molecule has 1 heterocycles. The van der Waals surface area contributed by atoms with E-state index in [-0.39, 0.29) is 28.5 Å². The molecule has 0 unspecified atom stereocenters. The van der Waals surface area contributed by atoms with Gasteiger partial charge < -0.3 is 10.1 Å². The van der Waals surface area contributed by atoms with Gasteiger partial charge in [0.05, 0.1) is 10.0 Å². The summed E-state index contributed by atoms with van der Waals surface area (Å²) in [6, 6.07) is 3.46. The van der Waals surface area contributed by atoms with Gasteiger partial charge in [-0.25, -0.2) is 4.79 Å². The van der Waals surface area contributed by atoms with E-state index in [1.165, 1.54) is 0 Å². The van der Waals surface area contributed by atoms with Crippen LogP contribution >= 0.6 is 46.1 Å². The lowest BCUT2D eigenvalue weighted by molar-refractivity contribution is -0.124. The average molecular weight is 379 g/mol. The summed E-state index contributed by atoms with van der Waals surface area (Å²) in [5.74, 6) is -0.960. The Hall–Kier alpha value is -1.01. The number of amides is 1. The fourth-order valence-electron chi connectivity index (χ4n) is 1.94. The molecule has 0 bridgehead atoms. The van der Waals surface area contributed by atoms with Crippen molar-refractivity contribution in [2.75, 3.05) is 6.61 Å². The van der Waals surface area contributed by atoms with E-state index in [0.29, 0.717) is 20.1 Å². The second kappa shape index (κ2) is 6.24. The third-order valence-corrected chi connectivity index (χ3v) is 5.24. The highest BCUT2D eigenvalue weighted by molar-refractivity contribution is 7.21. The van der Waals surface area contributed by atoms with Crippen LogP contribution < -0.4 is 5.32 Å². The Kier molecular flexibility index (Phi) is 4.50. The van der Waals surface area contributed by atoms with Crippen LogP contribution in [0.5, 0.6) is 0 Å². The quantitative estimate of drug-likeness (QED) is 0.807. The smallest absolute Gasteiger partial charge is 0.350 e. The van der Waals surface area contributed by atoms with Crippen molar-refractivity contribution in [3.63, 3.8) is 0 Å². The highest BCUT2D eigenvalue weighted by Gasteiger charge is 2.25. The lowest BCUT2D eigenvalue weighted by Gasteiger charge is -2.04. The molecule has 1 saturated carbocycles. The van der Waals surface area contributed by atoms with Gasteiger partial charge >= 0.3 is 5.97 Å². The standard InChI is InChI=1S/C14H10Cl3NO3S/c15-6-3-8(16)11-9(4-6)22-13(12(11)17)14(20)21-5-10(19)18-7-1-2-7/h3-4,7H,1-2,5H2,(H,18,19). The second-order valence-corrected chi connectivity index (χ2v) is 7.20. The van der Waals surface area contributed by atoms with Gasteiger partial charge in [0, 0.05) is 21.2 Å². The molecule has 0 aliphatic heterocycles. The minimum absolute atomic E-state index is 0.208. The van der Waals surface area contributed by atoms with E-state index in [4.69, 9.17) is 39.5 Å². The van der Waals surface area contributed by atoms with E-state index < -0.39 is 5.97 Å². The van der Waals surface area contributed by atoms with Crippen molar-refractivity contribution < 1.29 is 14.3 Å². The molecule has 3 rings (SSSR count).